The van der Waals surface area contributed by atoms with Crippen LogP contribution in [0.2, 0.25) is 0 Å². The molecule has 0 fully saturated rings. The van der Waals surface area contributed by atoms with Crippen molar-refractivity contribution in [3.63, 3.8) is 0 Å². The van der Waals surface area contributed by atoms with E-state index >= 15 is 0 Å². The van der Waals surface area contributed by atoms with Crippen LogP contribution in [0.5, 0.6) is 0 Å². The van der Waals surface area contributed by atoms with Crippen molar-refractivity contribution >= 4 is 11.7 Å². The van der Waals surface area contributed by atoms with Crippen LogP contribution in [-0.2, 0) is 9.53 Å². The summed E-state index contributed by atoms with van der Waals surface area (Å²) in [6.45, 7) is 5.73. The molecule has 0 aromatic heterocycles. The molecule has 0 bridgehead atoms. The lowest BCUT2D eigenvalue weighted by molar-refractivity contribution is -0.141. The summed E-state index contributed by atoms with van der Waals surface area (Å²) in [6, 6.07) is 0. The largest absolute Gasteiger partial charge is 0.466 e. The van der Waals surface area contributed by atoms with Gasteiger partial charge in [-0.15, -0.1) is 0 Å². The minimum absolute atomic E-state index is 0.196. The van der Waals surface area contributed by atoms with E-state index < -0.39 is 0 Å². The summed E-state index contributed by atoms with van der Waals surface area (Å²) in [6.07, 6.45) is 0.307. The van der Waals surface area contributed by atoms with Gasteiger partial charge in [-0.05, 0) is 27.9 Å². The number of carbonyl (C=O) groups excluding carboxylic acids is 1. The molecule has 4 nitrogen and oxygen atoms in total. The molecule has 0 spiro atoms. The SMILES string of the molecule is CCOC(=O)C/C(C)=N/CCN(C)C. The third-order valence-electron chi connectivity index (χ3n) is 1.63. The molecule has 82 valence electrons. The van der Waals surface area contributed by atoms with E-state index in [1.54, 1.807) is 6.92 Å². The molecule has 0 unspecified atom stereocenters. The summed E-state index contributed by atoms with van der Waals surface area (Å²) in [5.41, 5.74) is 0.838. The van der Waals surface area contributed by atoms with Gasteiger partial charge in [-0.1, -0.05) is 0 Å². The molecule has 0 atom stereocenters. The Labute approximate surface area is 86.0 Å². The van der Waals surface area contributed by atoms with E-state index in [9.17, 15) is 4.79 Å². The summed E-state index contributed by atoms with van der Waals surface area (Å²) in [7, 11) is 3.99. The number of rotatable bonds is 6. The molecular formula is C10H20N2O2. The number of nitrogens with zero attached hydrogens (tertiary/aromatic N) is 2. The summed E-state index contributed by atoms with van der Waals surface area (Å²) < 4.78 is 4.81. The van der Waals surface area contributed by atoms with Crippen molar-refractivity contribution in [3.05, 3.63) is 0 Å². The number of likely N-dealkylation sites (N-methyl/N-ethyl adjacent to an activating group) is 1. The van der Waals surface area contributed by atoms with Crippen molar-refractivity contribution in [1.82, 2.24) is 4.90 Å². The molecular weight excluding hydrogens is 180 g/mol. The van der Waals surface area contributed by atoms with Crippen LogP contribution >= 0.6 is 0 Å². The molecule has 0 rings (SSSR count). The lowest BCUT2D eigenvalue weighted by Gasteiger charge is -2.06. The maximum Gasteiger partial charge on any atom is 0.311 e. The number of carbonyl (C=O) groups is 1. The third-order valence-corrected chi connectivity index (χ3v) is 1.63. The Kier molecular flexibility index (Phi) is 7.02. The lowest BCUT2D eigenvalue weighted by Crippen LogP contribution is -2.16. The van der Waals surface area contributed by atoms with Gasteiger partial charge in [0, 0.05) is 12.3 Å². The van der Waals surface area contributed by atoms with Gasteiger partial charge in [0.2, 0.25) is 0 Å². The highest BCUT2D eigenvalue weighted by Crippen LogP contribution is 1.91. The molecule has 0 aliphatic heterocycles. The quantitative estimate of drug-likeness (QED) is 0.474. The summed E-state index contributed by atoms with van der Waals surface area (Å²) in [4.78, 5) is 17.4. The van der Waals surface area contributed by atoms with E-state index in [0.29, 0.717) is 13.0 Å². The van der Waals surface area contributed by atoms with Crippen molar-refractivity contribution in [3.8, 4) is 0 Å². The van der Waals surface area contributed by atoms with Gasteiger partial charge in [0.15, 0.2) is 0 Å². The fourth-order valence-corrected chi connectivity index (χ4v) is 0.918. The Morgan fingerprint density at radius 3 is 2.57 bits per heavy atom. The summed E-state index contributed by atoms with van der Waals surface area (Å²) >= 11 is 0. The van der Waals surface area contributed by atoms with Crippen LogP contribution < -0.4 is 0 Å². The van der Waals surface area contributed by atoms with Crippen LogP contribution in [0.1, 0.15) is 20.3 Å². The Bertz CT molecular complexity index is 200. The topological polar surface area (TPSA) is 41.9 Å². The van der Waals surface area contributed by atoms with E-state index in [1.165, 1.54) is 0 Å². The smallest absolute Gasteiger partial charge is 0.311 e. The van der Waals surface area contributed by atoms with Gasteiger partial charge in [0.05, 0.1) is 19.6 Å². The molecule has 0 radical (unpaired) electrons. The van der Waals surface area contributed by atoms with Crippen molar-refractivity contribution in [2.45, 2.75) is 20.3 Å². The number of hydrogen-bond donors (Lipinski definition) is 0. The van der Waals surface area contributed by atoms with Crippen LogP contribution in [0.4, 0.5) is 0 Å². The van der Waals surface area contributed by atoms with Crippen LogP contribution in [-0.4, -0.2) is 50.4 Å². The summed E-state index contributed by atoms with van der Waals surface area (Å²) in [5, 5.41) is 0. The van der Waals surface area contributed by atoms with E-state index in [2.05, 4.69) is 9.89 Å². The zero-order valence-corrected chi connectivity index (χ0v) is 9.54. The van der Waals surface area contributed by atoms with Gasteiger partial charge in [-0.3, -0.25) is 9.79 Å². The second-order valence-electron chi connectivity index (χ2n) is 3.40. The van der Waals surface area contributed by atoms with Gasteiger partial charge >= 0.3 is 5.97 Å². The second kappa shape index (κ2) is 7.50. The molecule has 0 aliphatic rings. The zero-order chi connectivity index (χ0) is 11.0. The second-order valence-corrected chi connectivity index (χ2v) is 3.40. The van der Waals surface area contributed by atoms with E-state index in [1.807, 2.05) is 21.0 Å². The fourth-order valence-electron chi connectivity index (χ4n) is 0.918. The molecule has 0 aromatic carbocycles. The van der Waals surface area contributed by atoms with Crippen LogP contribution in [0.15, 0.2) is 4.99 Å². The third kappa shape index (κ3) is 7.73. The number of hydrogen-bond acceptors (Lipinski definition) is 4. The van der Waals surface area contributed by atoms with Crippen molar-refractivity contribution < 1.29 is 9.53 Å². The molecule has 0 aromatic rings. The Morgan fingerprint density at radius 2 is 2.07 bits per heavy atom. The predicted octanol–water partition coefficient (Wildman–Crippen LogP) is 0.962. The highest BCUT2D eigenvalue weighted by Gasteiger charge is 2.03. The Balaban J connectivity index is 3.71. The van der Waals surface area contributed by atoms with Gasteiger partial charge in [0.1, 0.15) is 0 Å². The van der Waals surface area contributed by atoms with Crippen molar-refractivity contribution in [2.24, 2.45) is 4.99 Å². The number of esters is 1. The fraction of sp³-hybridized carbons (Fsp3) is 0.800. The Morgan fingerprint density at radius 1 is 1.43 bits per heavy atom. The van der Waals surface area contributed by atoms with E-state index in [0.717, 1.165) is 18.8 Å². The highest BCUT2D eigenvalue weighted by atomic mass is 16.5. The van der Waals surface area contributed by atoms with Gasteiger partial charge in [-0.2, -0.15) is 0 Å². The first-order valence-corrected chi connectivity index (χ1v) is 4.86. The molecule has 0 amide bonds. The molecule has 4 heteroatoms. The van der Waals surface area contributed by atoms with Crippen molar-refractivity contribution in [1.29, 1.82) is 0 Å². The minimum Gasteiger partial charge on any atom is -0.466 e. The minimum atomic E-state index is -0.196. The molecule has 0 saturated heterocycles. The first kappa shape index (κ1) is 13.1. The molecule has 14 heavy (non-hydrogen) atoms. The average molecular weight is 200 g/mol. The van der Waals surface area contributed by atoms with Gasteiger partial charge in [0.25, 0.3) is 0 Å². The van der Waals surface area contributed by atoms with Crippen LogP contribution in [0, 0.1) is 0 Å². The monoisotopic (exact) mass is 200 g/mol. The molecule has 0 N–H and O–H groups in total. The van der Waals surface area contributed by atoms with Gasteiger partial charge < -0.3 is 9.64 Å². The predicted molar refractivity (Wildman–Crippen MR) is 57.8 cm³/mol. The first-order chi connectivity index (χ1) is 6.56. The van der Waals surface area contributed by atoms with Crippen LogP contribution in [0.3, 0.4) is 0 Å². The Hall–Kier alpha value is -0.900. The van der Waals surface area contributed by atoms with Crippen molar-refractivity contribution in [2.75, 3.05) is 33.8 Å². The average Bonchev–Trinajstić information content (AvgIpc) is 2.03. The maximum atomic E-state index is 11.0. The number of aliphatic imine (C=N–C) groups is 1. The lowest BCUT2D eigenvalue weighted by atomic mass is 10.3. The molecule has 0 heterocycles. The normalized spacial score (nSPS) is 11.9. The molecule has 0 aliphatic carbocycles. The summed E-state index contributed by atoms with van der Waals surface area (Å²) in [5.74, 6) is -0.196. The number of ether oxygens (including phenoxy) is 1. The maximum absolute atomic E-state index is 11.0. The van der Waals surface area contributed by atoms with E-state index in [-0.39, 0.29) is 5.97 Å². The first-order valence-electron chi connectivity index (χ1n) is 4.86. The van der Waals surface area contributed by atoms with Crippen LogP contribution in [0.25, 0.3) is 0 Å². The molecule has 0 saturated carbocycles. The highest BCUT2D eigenvalue weighted by molar-refractivity contribution is 5.97. The zero-order valence-electron chi connectivity index (χ0n) is 9.54. The standard InChI is InChI=1S/C10H20N2O2/c1-5-14-10(13)8-9(2)11-6-7-12(3)4/h5-8H2,1-4H3/b11-9+. The van der Waals surface area contributed by atoms with E-state index in [4.69, 9.17) is 4.74 Å². The van der Waals surface area contributed by atoms with Gasteiger partial charge in [-0.25, -0.2) is 0 Å².